The maximum absolute atomic E-state index is 12.8. The van der Waals surface area contributed by atoms with E-state index in [9.17, 15) is 9.90 Å². The standard InChI is InChI=1S/C19H20O3/c1-12(2)19(3)10-15(17(19)13-8-9-22-11-13)18(21)14-6-4-5-7-16(14)20/h4-9,11,15,17,20H,1,10H2,2-3H3/t15?,17-,19+/m0/s1. The first-order valence-electron chi connectivity index (χ1n) is 7.45. The van der Waals surface area contributed by atoms with Gasteiger partial charge >= 0.3 is 0 Å². The van der Waals surface area contributed by atoms with E-state index < -0.39 is 0 Å². The van der Waals surface area contributed by atoms with E-state index >= 15 is 0 Å². The molecule has 1 heterocycles. The van der Waals surface area contributed by atoms with Crippen molar-refractivity contribution in [2.45, 2.75) is 26.2 Å². The number of para-hydroxylation sites is 1. The van der Waals surface area contributed by atoms with Crippen molar-refractivity contribution in [2.24, 2.45) is 11.3 Å². The van der Waals surface area contributed by atoms with Gasteiger partial charge in [-0.2, -0.15) is 0 Å². The Hall–Kier alpha value is -2.29. The summed E-state index contributed by atoms with van der Waals surface area (Å²) in [7, 11) is 0. The average molecular weight is 296 g/mol. The number of aromatic hydroxyl groups is 1. The number of rotatable bonds is 4. The number of phenolic OH excluding ortho intramolecular Hbond substituents is 1. The van der Waals surface area contributed by atoms with Crippen LogP contribution in [0, 0.1) is 11.3 Å². The third-order valence-electron chi connectivity index (χ3n) is 5.12. The van der Waals surface area contributed by atoms with Crippen molar-refractivity contribution in [3.63, 3.8) is 0 Å². The number of hydrogen-bond acceptors (Lipinski definition) is 3. The molecule has 0 radical (unpaired) electrons. The zero-order valence-corrected chi connectivity index (χ0v) is 12.9. The van der Waals surface area contributed by atoms with E-state index in [0.29, 0.717) is 5.56 Å². The van der Waals surface area contributed by atoms with Gasteiger partial charge in [0.2, 0.25) is 0 Å². The van der Waals surface area contributed by atoms with E-state index in [-0.39, 0.29) is 28.8 Å². The maximum Gasteiger partial charge on any atom is 0.170 e. The lowest BCUT2D eigenvalue weighted by molar-refractivity contribution is 0.0476. The van der Waals surface area contributed by atoms with Gasteiger partial charge in [-0.25, -0.2) is 0 Å². The quantitative estimate of drug-likeness (QED) is 0.665. The lowest BCUT2D eigenvalue weighted by Crippen LogP contribution is -2.48. The Kier molecular flexibility index (Phi) is 3.44. The van der Waals surface area contributed by atoms with Crippen molar-refractivity contribution in [2.75, 3.05) is 0 Å². The van der Waals surface area contributed by atoms with E-state index in [2.05, 4.69) is 13.5 Å². The molecule has 1 N–H and O–H groups in total. The number of hydrogen-bond donors (Lipinski definition) is 1. The number of ketones is 1. The van der Waals surface area contributed by atoms with Crippen molar-refractivity contribution in [3.8, 4) is 5.75 Å². The van der Waals surface area contributed by atoms with Crippen molar-refractivity contribution >= 4 is 5.78 Å². The zero-order valence-electron chi connectivity index (χ0n) is 12.9. The largest absolute Gasteiger partial charge is 0.507 e. The van der Waals surface area contributed by atoms with Crippen LogP contribution in [0.4, 0.5) is 0 Å². The average Bonchev–Trinajstić information content (AvgIpc) is 2.97. The highest BCUT2D eigenvalue weighted by Crippen LogP contribution is 2.61. The van der Waals surface area contributed by atoms with E-state index in [1.165, 1.54) is 0 Å². The summed E-state index contributed by atoms with van der Waals surface area (Å²) in [6.45, 7) is 8.25. The predicted octanol–water partition coefficient (Wildman–Crippen LogP) is 4.55. The minimum atomic E-state index is -0.160. The summed E-state index contributed by atoms with van der Waals surface area (Å²) in [6, 6.07) is 8.64. The van der Waals surface area contributed by atoms with Crippen molar-refractivity contribution < 1.29 is 14.3 Å². The second-order valence-corrected chi connectivity index (χ2v) is 6.42. The predicted molar refractivity (Wildman–Crippen MR) is 84.9 cm³/mol. The number of furan rings is 1. The second-order valence-electron chi connectivity index (χ2n) is 6.42. The summed E-state index contributed by atoms with van der Waals surface area (Å²) < 4.78 is 5.21. The maximum atomic E-state index is 12.8. The molecule has 3 heteroatoms. The van der Waals surface area contributed by atoms with Gasteiger partial charge in [-0.05, 0) is 42.5 Å². The molecule has 1 aliphatic carbocycles. The highest BCUT2D eigenvalue weighted by atomic mass is 16.3. The van der Waals surface area contributed by atoms with E-state index in [1.54, 1.807) is 36.8 Å². The fourth-order valence-electron chi connectivity index (χ4n) is 3.60. The number of Topliss-reactive ketones (excluding diaryl/α,β-unsaturated/α-hetero) is 1. The number of phenols is 1. The minimum Gasteiger partial charge on any atom is -0.507 e. The highest BCUT2D eigenvalue weighted by molar-refractivity contribution is 6.01. The molecule has 1 unspecified atom stereocenters. The molecule has 2 aromatic rings. The minimum absolute atomic E-state index is 0.0111. The molecular formula is C19H20O3. The Morgan fingerprint density at radius 2 is 2.09 bits per heavy atom. The first-order chi connectivity index (χ1) is 10.4. The van der Waals surface area contributed by atoms with E-state index in [0.717, 1.165) is 17.6 Å². The molecule has 0 bridgehead atoms. The molecule has 22 heavy (non-hydrogen) atoms. The van der Waals surface area contributed by atoms with Crippen LogP contribution in [0.25, 0.3) is 0 Å². The van der Waals surface area contributed by atoms with Crippen LogP contribution in [0.3, 0.4) is 0 Å². The second kappa shape index (κ2) is 5.16. The van der Waals surface area contributed by atoms with Gasteiger partial charge in [0.1, 0.15) is 5.75 Å². The zero-order chi connectivity index (χ0) is 15.9. The molecule has 0 saturated heterocycles. The smallest absolute Gasteiger partial charge is 0.170 e. The van der Waals surface area contributed by atoms with Gasteiger partial charge in [0, 0.05) is 11.8 Å². The Bertz CT molecular complexity index is 714. The summed E-state index contributed by atoms with van der Waals surface area (Å²) in [4.78, 5) is 12.8. The van der Waals surface area contributed by atoms with Crippen LogP contribution in [0.2, 0.25) is 0 Å². The lowest BCUT2D eigenvalue weighted by atomic mass is 9.49. The van der Waals surface area contributed by atoms with Gasteiger partial charge < -0.3 is 9.52 Å². The van der Waals surface area contributed by atoms with Gasteiger partial charge in [0.05, 0.1) is 18.1 Å². The number of carbonyl (C=O) groups is 1. The number of allylic oxidation sites excluding steroid dienone is 1. The fraction of sp³-hybridized carbons (Fsp3) is 0.316. The Balaban J connectivity index is 1.97. The fourth-order valence-corrected chi connectivity index (χ4v) is 3.60. The molecule has 1 aromatic heterocycles. The van der Waals surface area contributed by atoms with E-state index in [1.807, 2.05) is 13.0 Å². The Labute approximate surface area is 130 Å². The molecule has 3 nitrogen and oxygen atoms in total. The number of carbonyl (C=O) groups excluding carboxylic acids is 1. The van der Waals surface area contributed by atoms with Gasteiger partial charge in [0.25, 0.3) is 0 Å². The van der Waals surface area contributed by atoms with Gasteiger partial charge in [-0.3, -0.25) is 4.79 Å². The van der Waals surface area contributed by atoms with Crippen molar-refractivity contribution in [3.05, 3.63) is 66.1 Å². The third-order valence-corrected chi connectivity index (χ3v) is 5.12. The Morgan fingerprint density at radius 1 is 1.36 bits per heavy atom. The van der Waals surface area contributed by atoms with E-state index in [4.69, 9.17) is 4.42 Å². The van der Waals surface area contributed by atoms with Crippen LogP contribution in [0.1, 0.15) is 42.1 Å². The first kappa shape index (κ1) is 14.6. The topological polar surface area (TPSA) is 50.4 Å². The van der Waals surface area contributed by atoms with Gasteiger partial charge in [-0.1, -0.05) is 31.2 Å². The highest BCUT2D eigenvalue weighted by Gasteiger charge is 2.55. The van der Waals surface area contributed by atoms with Crippen molar-refractivity contribution in [1.82, 2.24) is 0 Å². The molecule has 1 aromatic carbocycles. The molecule has 1 aliphatic rings. The monoisotopic (exact) mass is 296 g/mol. The van der Waals surface area contributed by atoms with Gasteiger partial charge in [-0.15, -0.1) is 0 Å². The molecule has 3 rings (SSSR count). The Morgan fingerprint density at radius 3 is 2.68 bits per heavy atom. The summed E-state index contributed by atoms with van der Waals surface area (Å²) in [6.07, 6.45) is 4.08. The molecule has 0 spiro atoms. The molecule has 3 atom stereocenters. The van der Waals surface area contributed by atoms with Crippen molar-refractivity contribution in [1.29, 1.82) is 0 Å². The van der Waals surface area contributed by atoms with Crippen LogP contribution >= 0.6 is 0 Å². The third kappa shape index (κ3) is 2.08. The lowest BCUT2D eigenvalue weighted by Gasteiger charge is -2.53. The summed E-state index contributed by atoms with van der Waals surface area (Å²) in [5.74, 6) is -0.0890. The molecule has 1 fully saturated rings. The molecule has 114 valence electrons. The van der Waals surface area contributed by atoms with Crippen LogP contribution in [-0.4, -0.2) is 10.9 Å². The molecule has 0 amide bonds. The van der Waals surface area contributed by atoms with Crippen LogP contribution in [0.5, 0.6) is 5.75 Å². The van der Waals surface area contributed by atoms with Crippen LogP contribution in [0.15, 0.2) is 59.4 Å². The molecular weight excluding hydrogens is 276 g/mol. The number of benzene rings is 1. The SMILES string of the molecule is C=C(C)[C@@]1(C)CC(C(=O)c2ccccc2O)[C@@H]1c1ccoc1. The molecule has 0 aliphatic heterocycles. The summed E-state index contributed by atoms with van der Waals surface area (Å²) >= 11 is 0. The normalized spacial score (nSPS) is 27.2. The first-order valence-corrected chi connectivity index (χ1v) is 7.45. The molecule has 1 saturated carbocycles. The van der Waals surface area contributed by atoms with Gasteiger partial charge in [0.15, 0.2) is 5.78 Å². The van der Waals surface area contributed by atoms with Crippen LogP contribution in [-0.2, 0) is 0 Å². The summed E-state index contributed by atoms with van der Waals surface area (Å²) in [5, 5.41) is 9.95. The summed E-state index contributed by atoms with van der Waals surface area (Å²) in [5.41, 5.74) is 2.37. The van der Waals surface area contributed by atoms with Crippen LogP contribution < -0.4 is 0 Å².